The first-order chi connectivity index (χ1) is 12.6. The Balaban J connectivity index is 1.40. The lowest BCUT2D eigenvalue weighted by Crippen LogP contribution is -2.52. The third-order valence-corrected chi connectivity index (χ3v) is 5.44. The van der Waals surface area contributed by atoms with Crippen LogP contribution in [-0.4, -0.2) is 73.9 Å². The number of nitrogens with zero attached hydrogens (tertiary/aromatic N) is 2. The van der Waals surface area contributed by atoms with Crippen molar-refractivity contribution < 1.29 is 14.3 Å². The minimum atomic E-state index is -0.255. The molecule has 0 spiro atoms. The Morgan fingerprint density at radius 2 is 2.12 bits per heavy atom. The number of benzene rings is 1. The number of carbonyl (C=O) groups excluding carboxylic acids is 1. The van der Waals surface area contributed by atoms with Gasteiger partial charge in [0.2, 0.25) is 0 Å². The number of morpholine rings is 1. The molecule has 2 aliphatic rings. The Hall–Kier alpha value is -1.63. The van der Waals surface area contributed by atoms with E-state index in [1.54, 1.807) is 4.90 Å². The lowest BCUT2D eigenvalue weighted by Gasteiger charge is -2.37. The summed E-state index contributed by atoms with van der Waals surface area (Å²) < 4.78 is 11.3. The molecule has 3 rings (SSSR count). The molecule has 3 atom stereocenters. The monoisotopic (exact) mass is 361 g/mol. The highest BCUT2D eigenvalue weighted by molar-refractivity contribution is 5.67. The first-order valence-corrected chi connectivity index (χ1v) is 9.62. The Morgan fingerprint density at radius 3 is 2.88 bits per heavy atom. The first kappa shape index (κ1) is 19.1. The lowest BCUT2D eigenvalue weighted by atomic mass is 9.99. The summed E-state index contributed by atoms with van der Waals surface area (Å²) in [5.41, 5.74) is 1.00. The largest absolute Gasteiger partial charge is 0.445 e. The summed E-state index contributed by atoms with van der Waals surface area (Å²) in [6.45, 7) is 6.24. The van der Waals surface area contributed by atoms with Gasteiger partial charge in [-0.15, -0.1) is 0 Å². The van der Waals surface area contributed by atoms with Crippen molar-refractivity contribution in [2.75, 3.05) is 39.8 Å². The molecule has 6 heteroatoms. The normalized spacial score (nSPS) is 27.3. The average Bonchev–Trinajstić information content (AvgIpc) is 2.68. The van der Waals surface area contributed by atoms with Crippen molar-refractivity contribution in [2.45, 2.75) is 44.6 Å². The van der Waals surface area contributed by atoms with Crippen molar-refractivity contribution >= 4 is 6.09 Å². The summed E-state index contributed by atoms with van der Waals surface area (Å²) in [6.07, 6.45) is 2.10. The molecule has 0 radical (unpaired) electrons. The smallest absolute Gasteiger partial charge is 0.410 e. The molecule has 2 saturated heterocycles. The number of hydrogen-bond donors (Lipinski definition) is 1. The Bertz CT molecular complexity index is 569. The molecule has 26 heavy (non-hydrogen) atoms. The van der Waals surface area contributed by atoms with Crippen molar-refractivity contribution in [3.63, 3.8) is 0 Å². The maximum Gasteiger partial charge on any atom is 0.410 e. The van der Waals surface area contributed by atoms with Crippen LogP contribution in [0.1, 0.15) is 25.3 Å². The van der Waals surface area contributed by atoms with Crippen LogP contribution in [0, 0.1) is 0 Å². The highest BCUT2D eigenvalue weighted by Gasteiger charge is 2.27. The fourth-order valence-corrected chi connectivity index (χ4v) is 3.59. The molecular formula is C20H31N3O3. The second kappa shape index (κ2) is 9.35. The van der Waals surface area contributed by atoms with Gasteiger partial charge >= 0.3 is 6.09 Å². The van der Waals surface area contributed by atoms with Gasteiger partial charge in [-0.1, -0.05) is 30.3 Å². The predicted octanol–water partition coefficient (Wildman–Crippen LogP) is 2.10. The van der Waals surface area contributed by atoms with Crippen molar-refractivity contribution in [1.82, 2.24) is 15.1 Å². The van der Waals surface area contributed by atoms with E-state index in [2.05, 4.69) is 24.2 Å². The van der Waals surface area contributed by atoms with Gasteiger partial charge in [0, 0.05) is 25.2 Å². The van der Waals surface area contributed by atoms with E-state index in [4.69, 9.17) is 9.47 Å². The summed E-state index contributed by atoms with van der Waals surface area (Å²) in [7, 11) is 2.18. The highest BCUT2D eigenvalue weighted by atomic mass is 16.6. The van der Waals surface area contributed by atoms with E-state index in [0.717, 1.165) is 31.5 Å². The van der Waals surface area contributed by atoms with Crippen molar-refractivity contribution in [1.29, 1.82) is 0 Å². The molecule has 1 aromatic rings. The van der Waals surface area contributed by atoms with Crippen molar-refractivity contribution in [3.05, 3.63) is 35.9 Å². The van der Waals surface area contributed by atoms with E-state index in [1.807, 2.05) is 30.3 Å². The highest BCUT2D eigenvalue weighted by Crippen LogP contribution is 2.16. The summed E-state index contributed by atoms with van der Waals surface area (Å²) in [5, 5.41) is 3.63. The van der Waals surface area contributed by atoms with E-state index >= 15 is 0 Å². The van der Waals surface area contributed by atoms with Crippen LogP contribution in [0.3, 0.4) is 0 Å². The molecular weight excluding hydrogens is 330 g/mol. The van der Waals surface area contributed by atoms with Gasteiger partial charge < -0.3 is 24.6 Å². The molecule has 2 aliphatic heterocycles. The van der Waals surface area contributed by atoms with Crippen molar-refractivity contribution in [2.24, 2.45) is 0 Å². The van der Waals surface area contributed by atoms with Crippen LogP contribution in [0.15, 0.2) is 30.3 Å². The molecule has 2 heterocycles. The quantitative estimate of drug-likeness (QED) is 0.870. The van der Waals surface area contributed by atoms with Gasteiger partial charge in [0.1, 0.15) is 6.61 Å². The molecule has 1 N–H and O–H groups in total. The van der Waals surface area contributed by atoms with Gasteiger partial charge in [-0.3, -0.25) is 0 Å². The van der Waals surface area contributed by atoms with Gasteiger partial charge in [0.25, 0.3) is 0 Å². The van der Waals surface area contributed by atoms with Crippen LogP contribution in [-0.2, 0) is 16.1 Å². The van der Waals surface area contributed by atoms with Crippen LogP contribution < -0.4 is 5.32 Å². The molecule has 144 valence electrons. The number of rotatable bonds is 5. The summed E-state index contributed by atoms with van der Waals surface area (Å²) in [5.74, 6) is 0. The molecule has 1 amide bonds. The summed E-state index contributed by atoms with van der Waals surface area (Å²) in [6, 6.07) is 10.9. The molecule has 0 aliphatic carbocycles. The Morgan fingerprint density at radius 1 is 1.31 bits per heavy atom. The number of amides is 1. The number of likely N-dealkylation sites (tertiary alicyclic amines) is 1. The lowest BCUT2D eigenvalue weighted by molar-refractivity contribution is -0.0289. The minimum Gasteiger partial charge on any atom is -0.445 e. The predicted molar refractivity (Wildman–Crippen MR) is 101 cm³/mol. The van der Waals surface area contributed by atoms with E-state index < -0.39 is 0 Å². The van der Waals surface area contributed by atoms with Crippen LogP contribution in [0.25, 0.3) is 0 Å². The van der Waals surface area contributed by atoms with Gasteiger partial charge in [-0.2, -0.15) is 0 Å². The Kier molecular flexibility index (Phi) is 6.88. The number of piperidine rings is 1. The average molecular weight is 361 g/mol. The van der Waals surface area contributed by atoms with Crippen LogP contribution in [0.5, 0.6) is 0 Å². The minimum absolute atomic E-state index is 0.0305. The standard InChI is InChI=1S/C20H31N3O3/c1-16-12-18(8-9-22(16)2)21-13-19-14-23(10-11-25-19)20(24)26-15-17-6-4-3-5-7-17/h3-7,16,18-19,21H,8-15H2,1-2H3. The second-order valence-electron chi connectivity index (χ2n) is 7.44. The number of ether oxygens (including phenoxy) is 2. The number of nitrogens with one attached hydrogen (secondary N) is 1. The van der Waals surface area contributed by atoms with E-state index in [9.17, 15) is 4.79 Å². The zero-order chi connectivity index (χ0) is 18.4. The molecule has 0 bridgehead atoms. The fraction of sp³-hybridized carbons (Fsp3) is 0.650. The van der Waals surface area contributed by atoms with Gasteiger partial charge in [-0.25, -0.2) is 4.79 Å². The molecule has 0 saturated carbocycles. The maximum atomic E-state index is 12.3. The molecule has 1 aromatic carbocycles. The van der Waals surface area contributed by atoms with Gasteiger partial charge in [0.15, 0.2) is 0 Å². The van der Waals surface area contributed by atoms with Gasteiger partial charge in [0.05, 0.1) is 19.3 Å². The Labute approximate surface area is 156 Å². The van der Waals surface area contributed by atoms with E-state index in [-0.39, 0.29) is 12.2 Å². The SMILES string of the molecule is CC1CC(NCC2CN(C(=O)OCc3ccccc3)CCO2)CCN1C. The summed E-state index contributed by atoms with van der Waals surface area (Å²) >= 11 is 0. The molecule has 2 fully saturated rings. The van der Waals surface area contributed by atoms with E-state index in [0.29, 0.717) is 38.4 Å². The van der Waals surface area contributed by atoms with Gasteiger partial charge in [-0.05, 0) is 38.9 Å². The van der Waals surface area contributed by atoms with Crippen molar-refractivity contribution in [3.8, 4) is 0 Å². The summed E-state index contributed by atoms with van der Waals surface area (Å²) in [4.78, 5) is 16.5. The molecule has 6 nitrogen and oxygen atoms in total. The fourth-order valence-electron chi connectivity index (χ4n) is 3.59. The first-order valence-electron chi connectivity index (χ1n) is 9.62. The third-order valence-electron chi connectivity index (χ3n) is 5.44. The van der Waals surface area contributed by atoms with Crippen LogP contribution in [0.4, 0.5) is 4.79 Å². The number of hydrogen-bond acceptors (Lipinski definition) is 5. The maximum absolute atomic E-state index is 12.3. The van der Waals surface area contributed by atoms with E-state index in [1.165, 1.54) is 0 Å². The molecule has 3 unspecified atom stereocenters. The molecule has 0 aromatic heterocycles. The van der Waals surface area contributed by atoms with Crippen LogP contribution >= 0.6 is 0 Å². The number of carbonyl (C=O) groups is 1. The second-order valence-corrected chi connectivity index (χ2v) is 7.44. The zero-order valence-electron chi connectivity index (χ0n) is 15.9. The van der Waals surface area contributed by atoms with Crippen LogP contribution in [0.2, 0.25) is 0 Å². The third kappa shape index (κ3) is 5.43. The zero-order valence-corrected chi connectivity index (χ0v) is 15.9. The topological polar surface area (TPSA) is 54.0 Å².